The third-order valence-corrected chi connectivity index (χ3v) is 5.83. The van der Waals surface area contributed by atoms with Crippen LogP contribution in [-0.4, -0.2) is 33.2 Å². The van der Waals surface area contributed by atoms with Gasteiger partial charge in [-0.15, -0.1) is 11.8 Å². The lowest BCUT2D eigenvalue weighted by atomic mass is 10.2. The fourth-order valence-corrected chi connectivity index (χ4v) is 4.42. The number of thioether (sulfide) groups is 1. The molecular formula is C18H25N3O2S. The van der Waals surface area contributed by atoms with E-state index >= 15 is 0 Å². The van der Waals surface area contributed by atoms with Gasteiger partial charge in [-0.25, -0.2) is 0 Å². The molecule has 0 radical (unpaired) electrons. The van der Waals surface area contributed by atoms with Gasteiger partial charge in [0, 0.05) is 17.5 Å². The Kier molecular flexibility index (Phi) is 5.66. The van der Waals surface area contributed by atoms with E-state index in [1.165, 1.54) is 25.7 Å². The lowest BCUT2D eigenvalue weighted by molar-refractivity contribution is -0.118. The highest BCUT2D eigenvalue weighted by atomic mass is 32.2. The number of furan rings is 1. The van der Waals surface area contributed by atoms with Crippen molar-refractivity contribution in [2.75, 3.05) is 12.3 Å². The van der Waals surface area contributed by atoms with Crippen LogP contribution in [0.25, 0.3) is 0 Å². The predicted octanol–water partition coefficient (Wildman–Crippen LogP) is 3.47. The van der Waals surface area contributed by atoms with Gasteiger partial charge in [0.15, 0.2) is 0 Å². The van der Waals surface area contributed by atoms with Gasteiger partial charge in [0.2, 0.25) is 5.91 Å². The monoisotopic (exact) mass is 347 g/mol. The van der Waals surface area contributed by atoms with Gasteiger partial charge in [0.25, 0.3) is 0 Å². The number of carbonyl (C=O) groups is 1. The Labute approximate surface area is 147 Å². The average Bonchev–Trinajstić information content (AvgIpc) is 3.29. The molecule has 5 nitrogen and oxygen atoms in total. The Morgan fingerprint density at radius 2 is 2.25 bits per heavy atom. The Morgan fingerprint density at radius 3 is 2.88 bits per heavy atom. The highest BCUT2D eigenvalue weighted by molar-refractivity contribution is 8.00. The summed E-state index contributed by atoms with van der Waals surface area (Å²) in [6, 6.07) is 5.72. The molecule has 1 unspecified atom stereocenters. The summed E-state index contributed by atoms with van der Waals surface area (Å²) in [5.41, 5.74) is 2.02. The summed E-state index contributed by atoms with van der Waals surface area (Å²) in [6.07, 6.45) is 6.76. The average molecular weight is 347 g/mol. The van der Waals surface area contributed by atoms with Crippen LogP contribution in [-0.2, 0) is 4.79 Å². The number of amides is 1. The third kappa shape index (κ3) is 4.23. The molecule has 6 heteroatoms. The maximum Gasteiger partial charge on any atom is 0.230 e. The van der Waals surface area contributed by atoms with E-state index in [0.717, 1.165) is 17.1 Å². The Hall–Kier alpha value is -1.69. The molecule has 0 spiro atoms. The first-order valence-corrected chi connectivity index (χ1v) is 9.63. The first-order valence-electron chi connectivity index (χ1n) is 8.58. The van der Waals surface area contributed by atoms with Crippen LogP contribution < -0.4 is 5.32 Å². The van der Waals surface area contributed by atoms with Crippen molar-refractivity contribution in [1.29, 1.82) is 0 Å². The summed E-state index contributed by atoms with van der Waals surface area (Å²) < 4.78 is 7.50. The van der Waals surface area contributed by atoms with Crippen molar-refractivity contribution in [2.45, 2.75) is 50.8 Å². The molecule has 0 saturated heterocycles. The van der Waals surface area contributed by atoms with Crippen molar-refractivity contribution in [3.8, 4) is 0 Å². The zero-order valence-corrected chi connectivity index (χ0v) is 15.1. The number of rotatable bonds is 7. The summed E-state index contributed by atoms with van der Waals surface area (Å²) in [7, 11) is 0. The molecule has 1 N–H and O–H groups in total. The maximum atomic E-state index is 12.2. The van der Waals surface area contributed by atoms with Crippen LogP contribution in [0.4, 0.5) is 0 Å². The van der Waals surface area contributed by atoms with Crippen LogP contribution in [0.15, 0.2) is 28.9 Å². The largest absolute Gasteiger partial charge is 0.467 e. The molecule has 1 amide bonds. The van der Waals surface area contributed by atoms with Gasteiger partial charge in [-0.3, -0.25) is 9.48 Å². The molecule has 1 aliphatic carbocycles. The second kappa shape index (κ2) is 7.92. The molecule has 1 atom stereocenters. The number of nitrogens with zero attached hydrogens (tertiary/aromatic N) is 2. The molecule has 130 valence electrons. The van der Waals surface area contributed by atoms with Gasteiger partial charge in [-0.05, 0) is 44.9 Å². The van der Waals surface area contributed by atoms with Gasteiger partial charge in [-0.2, -0.15) is 5.10 Å². The summed E-state index contributed by atoms with van der Waals surface area (Å²) in [5.74, 6) is 1.43. The molecule has 2 heterocycles. The van der Waals surface area contributed by atoms with E-state index in [2.05, 4.69) is 10.4 Å². The number of nitrogens with one attached hydrogen (secondary N) is 1. The number of aryl methyl sites for hydroxylation is 2. The normalized spacial score (nSPS) is 16.4. The second-order valence-electron chi connectivity index (χ2n) is 6.42. The first kappa shape index (κ1) is 17.1. The number of hydrogen-bond acceptors (Lipinski definition) is 4. The minimum absolute atomic E-state index is 0.0880. The highest BCUT2D eigenvalue weighted by Gasteiger charge is 2.21. The Bertz CT molecular complexity index is 660. The summed E-state index contributed by atoms with van der Waals surface area (Å²) >= 11 is 1.79. The van der Waals surface area contributed by atoms with Gasteiger partial charge in [0.05, 0.1) is 17.7 Å². The standard InChI is InChI=1S/C18H25N3O2S/c1-13-10-14(2)21(20-13)16(17-8-5-9-23-17)11-19-18(22)12-24-15-6-3-4-7-15/h5,8-10,15-16H,3-4,6-7,11-12H2,1-2H3,(H,19,22). The first-order chi connectivity index (χ1) is 11.6. The van der Waals surface area contributed by atoms with Crippen molar-refractivity contribution in [3.63, 3.8) is 0 Å². The minimum Gasteiger partial charge on any atom is -0.467 e. The SMILES string of the molecule is Cc1cc(C)n(C(CNC(=O)CSC2CCCC2)c2ccco2)n1. The zero-order valence-electron chi connectivity index (χ0n) is 14.3. The summed E-state index contributed by atoms with van der Waals surface area (Å²) in [6.45, 7) is 4.48. The summed E-state index contributed by atoms with van der Waals surface area (Å²) in [4.78, 5) is 12.2. The van der Waals surface area contributed by atoms with Crippen molar-refractivity contribution in [1.82, 2.24) is 15.1 Å². The van der Waals surface area contributed by atoms with Crippen LogP contribution >= 0.6 is 11.8 Å². The van der Waals surface area contributed by atoms with Crippen molar-refractivity contribution >= 4 is 17.7 Å². The van der Waals surface area contributed by atoms with Gasteiger partial charge in [0.1, 0.15) is 11.8 Å². The molecule has 1 fully saturated rings. The van der Waals surface area contributed by atoms with Crippen LogP contribution in [0, 0.1) is 13.8 Å². The van der Waals surface area contributed by atoms with Crippen LogP contribution in [0.3, 0.4) is 0 Å². The fourth-order valence-electron chi connectivity index (χ4n) is 3.26. The second-order valence-corrected chi connectivity index (χ2v) is 7.71. The topological polar surface area (TPSA) is 60.1 Å². The van der Waals surface area contributed by atoms with Gasteiger partial charge >= 0.3 is 0 Å². The van der Waals surface area contributed by atoms with Crippen molar-refractivity contribution in [2.24, 2.45) is 0 Å². The van der Waals surface area contributed by atoms with E-state index in [4.69, 9.17) is 4.42 Å². The van der Waals surface area contributed by atoms with Crippen LogP contribution in [0.2, 0.25) is 0 Å². The molecule has 0 bridgehead atoms. The zero-order chi connectivity index (χ0) is 16.9. The van der Waals surface area contributed by atoms with Crippen molar-refractivity contribution < 1.29 is 9.21 Å². The summed E-state index contributed by atoms with van der Waals surface area (Å²) in [5, 5.41) is 8.26. The number of aromatic nitrogens is 2. The third-order valence-electron chi connectivity index (χ3n) is 4.46. The van der Waals surface area contributed by atoms with Gasteiger partial charge in [-0.1, -0.05) is 12.8 Å². The van der Waals surface area contributed by atoms with Crippen molar-refractivity contribution in [3.05, 3.63) is 41.6 Å². The lowest BCUT2D eigenvalue weighted by Crippen LogP contribution is -2.33. The van der Waals surface area contributed by atoms with E-state index in [1.807, 2.05) is 36.7 Å². The molecule has 3 rings (SSSR count). The molecule has 0 aromatic carbocycles. The smallest absolute Gasteiger partial charge is 0.230 e. The molecule has 2 aromatic heterocycles. The number of hydrogen-bond donors (Lipinski definition) is 1. The molecule has 2 aromatic rings. The van der Waals surface area contributed by atoms with Gasteiger partial charge < -0.3 is 9.73 Å². The van der Waals surface area contributed by atoms with E-state index in [-0.39, 0.29) is 11.9 Å². The molecule has 1 saturated carbocycles. The van der Waals surface area contributed by atoms with E-state index in [9.17, 15) is 4.79 Å². The molecule has 24 heavy (non-hydrogen) atoms. The Morgan fingerprint density at radius 1 is 1.46 bits per heavy atom. The number of carbonyl (C=O) groups excluding carboxylic acids is 1. The van der Waals surface area contributed by atoms with E-state index in [1.54, 1.807) is 18.0 Å². The van der Waals surface area contributed by atoms with E-state index < -0.39 is 0 Å². The van der Waals surface area contributed by atoms with Crippen LogP contribution in [0.5, 0.6) is 0 Å². The quantitative estimate of drug-likeness (QED) is 0.833. The molecular weight excluding hydrogens is 322 g/mol. The lowest BCUT2D eigenvalue weighted by Gasteiger charge is -2.18. The molecule has 1 aliphatic rings. The minimum atomic E-state index is -0.117. The molecule has 0 aliphatic heterocycles. The highest BCUT2D eigenvalue weighted by Crippen LogP contribution is 2.29. The maximum absolute atomic E-state index is 12.2. The van der Waals surface area contributed by atoms with Crippen LogP contribution in [0.1, 0.15) is 48.9 Å². The fraction of sp³-hybridized carbons (Fsp3) is 0.556. The predicted molar refractivity (Wildman–Crippen MR) is 96.3 cm³/mol. The Balaban J connectivity index is 1.60. The van der Waals surface area contributed by atoms with E-state index in [0.29, 0.717) is 17.5 Å².